The molecule has 0 N–H and O–H groups in total. The molecule has 0 bridgehead atoms. The SMILES string of the molecule is CCCCC(C)c1ccc2c(c1)CCc1cc(N(c3ccc(C(F)(F)F)cc3)C(C)C)ccc1-2. The summed E-state index contributed by atoms with van der Waals surface area (Å²) in [4.78, 5) is 2.11. The molecule has 0 aliphatic heterocycles. The van der Waals surface area contributed by atoms with Crippen LogP contribution in [-0.2, 0) is 19.0 Å². The first-order valence-electron chi connectivity index (χ1n) is 12.4. The van der Waals surface area contributed by atoms with Gasteiger partial charge in [-0.1, -0.05) is 51.0 Å². The van der Waals surface area contributed by atoms with E-state index < -0.39 is 11.7 Å². The minimum Gasteiger partial charge on any atom is -0.339 e. The molecule has 0 spiro atoms. The molecule has 0 aromatic heterocycles. The fourth-order valence-corrected chi connectivity index (χ4v) is 5.09. The highest BCUT2D eigenvalue weighted by atomic mass is 19.4. The van der Waals surface area contributed by atoms with Crippen LogP contribution in [0.1, 0.15) is 75.1 Å². The second kappa shape index (κ2) is 9.85. The number of benzene rings is 3. The lowest BCUT2D eigenvalue weighted by atomic mass is 9.82. The third-order valence-electron chi connectivity index (χ3n) is 7.00. The first-order valence-corrected chi connectivity index (χ1v) is 12.4. The largest absolute Gasteiger partial charge is 0.416 e. The van der Waals surface area contributed by atoms with Crippen LogP contribution in [-0.4, -0.2) is 6.04 Å². The number of aryl methyl sites for hydroxylation is 2. The van der Waals surface area contributed by atoms with Crippen LogP contribution in [0.15, 0.2) is 60.7 Å². The maximum atomic E-state index is 13.0. The first kappa shape index (κ1) is 24.4. The molecule has 1 aliphatic rings. The van der Waals surface area contributed by atoms with E-state index in [-0.39, 0.29) is 6.04 Å². The van der Waals surface area contributed by atoms with E-state index in [1.165, 1.54) is 59.2 Å². The molecule has 0 saturated heterocycles. The Balaban J connectivity index is 1.64. The number of unbranched alkanes of at least 4 members (excludes halogenated alkanes) is 1. The predicted octanol–water partition coefficient (Wildman–Crippen LogP) is 9.31. The average Bonchev–Trinajstić information content (AvgIpc) is 2.81. The molecule has 4 rings (SSSR count). The Kier molecular flexibility index (Phi) is 7.06. The summed E-state index contributed by atoms with van der Waals surface area (Å²) >= 11 is 0. The average molecular weight is 466 g/mol. The number of hydrogen-bond donors (Lipinski definition) is 0. The van der Waals surface area contributed by atoms with Crippen molar-refractivity contribution in [2.45, 2.75) is 77.9 Å². The molecule has 1 unspecified atom stereocenters. The smallest absolute Gasteiger partial charge is 0.339 e. The van der Waals surface area contributed by atoms with Gasteiger partial charge in [0.1, 0.15) is 0 Å². The van der Waals surface area contributed by atoms with Crippen molar-refractivity contribution in [2.24, 2.45) is 0 Å². The highest BCUT2D eigenvalue weighted by Crippen LogP contribution is 2.39. The van der Waals surface area contributed by atoms with Gasteiger partial charge in [0.15, 0.2) is 0 Å². The maximum absolute atomic E-state index is 13.0. The van der Waals surface area contributed by atoms with Crippen LogP contribution in [0.2, 0.25) is 0 Å². The van der Waals surface area contributed by atoms with Gasteiger partial charge < -0.3 is 4.90 Å². The number of halogens is 3. The van der Waals surface area contributed by atoms with Gasteiger partial charge >= 0.3 is 6.18 Å². The first-order chi connectivity index (χ1) is 16.2. The molecule has 4 heteroatoms. The van der Waals surface area contributed by atoms with Crippen LogP contribution in [0.5, 0.6) is 0 Å². The van der Waals surface area contributed by atoms with Crippen LogP contribution in [0.3, 0.4) is 0 Å². The second-order valence-corrected chi connectivity index (χ2v) is 9.81. The van der Waals surface area contributed by atoms with Crippen molar-refractivity contribution in [1.82, 2.24) is 0 Å². The Morgan fingerprint density at radius 3 is 1.97 bits per heavy atom. The Labute approximate surface area is 201 Å². The minimum atomic E-state index is -4.33. The van der Waals surface area contributed by atoms with E-state index >= 15 is 0 Å². The van der Waals surface area contributed by atoms with E-state index in [0.29, 0.717) is 5.92 Å². The van der Waals surface area contributed by atoms with E-state index in [1.807, 2.05) is 0 Å². The van der Waals surface area contributed by atoms with Crippen molar-refractivity contribution >= 4 is 11.4 Å². The van der Waals surface area contributed by atoms with Gasteiger partial charge in [-0.2, -0.15) is 13.2 Å². The van der Waals surface area contributed by atoms with E-state index in [4.69, 9.17) is 0 Å². The van der Waals surface area contributed by atoms with Gasteiger partial charge in [-0.3, -0.25) is 0 Å². The van der Waals surface area contributed by atoms with Gasteiger partial charge in [0.2, 0.25) is 0 Å². The van der Waals surface area contributed by atoms with Gasteiger partial charge in [-0.05, 0) is 103 Å². The number of alkyl halides is 3. The van der Waals surface area contributed by atoms with Gasteiger partial charge in [0.05, 0.1) is 5.56 Å². The number of anilines is 2. The number of rotatable bonds is 7. The molecule has 1 atom stereocenters. The van der Waals surface area contributed by atoms with E-state index in [9.17, 15) is 13.2 Å². The number of nitrogens with zero attached hydrogens (tertiary/aromatic N) is 1. The Hall–Kier alpha value is -2.75. The molecule has 0 fully saturated rings. The van der Waals surface area contributed by atoms with Gasteiger partial charge in [-0.25, -0.2) is 0 Å². The monoisotopic (exact) mass is 465 g/mol. The molecular weight excluding hydrogens is 431 g/mol. The van der Waals surface area contributed by atoms with Crippen molar-refractivity contribution in [3.63, 3.8) is 0 Å². The zero-order valence-corrected chi connectivity index (χ0v) is 20.5. The molecule has 0 saturated carbocycles. The molecule has 0 heterocycles. The molecule has 180 valence electrons. The Bertz CT molecular complexity index is 1130. The third-order valence-corrected chi connectivity index (χ3v) is 7.00. The van der Waals surface area contributed by atoms with E-state index in [1.54, 1.807) is 12.1 Å². The molecular formula is C30H34F3N. The molecule has 0 radical (unpaired) electrons. The summed E-state index contributed by atoms with van der Waals surface area (Å²) in [5.41, 5.74) is 7.90. The molecule has 1 aliphatic carbocycles. The molecule has 1 nitrogen and oxygen atoms in total. The summed E-state index contributed by atoms with van der Waals surface area (Å²) < 4.78 is 39.1. The number of fused-ring (bicyclic) bond motifs is 3. The fourth-order valence-electron chi connectivity index (χ4n) is 5.09. The standard InChI is InChI=1S/C30H34F3N/c1-5-6-7-21(4)22-10-16-28-23(18-22)8-9-24-19-27(15-17-29(24)28)34(20(2)3)26-13-11-25(12-14-26)30(31,32)33/h10-21H,5-9H2,1-4H3. The summed E-state index contributed by atoms with van der Waals surface area (Å²) in [6.45, 7) is 8.69. The lowest BCUT2D eigenvalue weighted by molar-refractivity contribution is -0.137. The topological polar surface area (TPSA) is 3.24 Å². The zero-order valence-electron chi connectivity index (χ0n) is 20.5. The molecule has 34 heavy (non-hydrogen) atoms. The summed E-state index contributed by atoms with van der Waals surface area (Å²) in [6, 6.07) is 19.0. The van der Waals surface area contributed by atoms with E-state index in [2.05, 4.69) is 69.0 Å². The second-order valence-electron chi connectivity index (χ2n) is 9.81. The quantitative estimate of drug-likeness (QED) is 0.336. The van der Waals surface area contributed by atoms with Crippen molar-refractivity contribution in [3.8, 4) is 11.1 Å². The highest BCUT2D eigenvalue weighted by molar-refractivity contribution is 5.77. The van der Waals surface area contributed by atoms with Crippen LogP contribution in [0.25, 0.3) is 11.1 Å². The van der Waals surface area contributed by atoms with Crippen LogP contribution in [0, 0.1) is 0 Å². The van der Waals surface area contributed by atoms with Crippen molar-refractivity contribution in [2.75, 3.05) is 4.90 Å². The van der Waals surface area contributed by atoms with Gasteiger partial charge in [-0.15, -0.1) is 0 Å². The molecule has 3 aromatic rings. The van der Waals surface area contributed by atoms with Gasteiger partial charge in [0.25, 0.3) is 0 Å². The number of hydrogen-bond acceptors (Lipinski definition) is 1. The van der Waals surface area contributed by atoms with Crippen LogP contribution >= 0.6 is 0 Å². The maximum Gasteiger partial charge on any atom is 0.416 e. The van der Waals surface area contributed by atoms with Crippen LogP contribution in [0.4, 0.5) is 24.5 Å². The van der Waals surface area contributed by atoms with Crippen LogP contribution < -0.4 is 4.90 Å². The summed E-state index contributed by atoms with van der Waals surface area (Å²) in [5.74, 6) is 0.581. The lowest BCUT2D eigenvalue weighted by Crippen LogP contribution is -2.25. The Morgan fingerprint density at radius 2 is 1.38 bits per heavy atom. The Morgan fingerprint density at radius 1 is 0.794 bits per heavy atom. The highest BCUT2D eigenvalue weighted by Gasteiger charge is 2.30. The molecule has 0 amide bonds. The van der Waals surface area contributed by atoms with Crippen molar-refractivity contribution in [1.29, 1.82) is 0 Å². The van der Waals surface area contributed by atoms with Crippen molar-refractivity contribution < 1.29 is 13.2 Å². The summed E-state index contributed by atoms with van der Waals surface area (Å²) in [6.07, 6.45) is 1.38. The predicted molar refractivity (Wildman–Crippen MR) is 136 cm³/mol. The zero-order chi connectivity index (χ0) is 24.5. The third kappa shape index (κ3) is 5.01. The minimum absolute atomic E-state index is 0.109. The summed E-state index contributed by atoms with van der Waals surface area (Å²) in [5, 5.41) is 0. The molecule has 3 aromatic carbocycles. The fraction of sp³-hybridized carbons (Fsp3) is 0.400. The lowest BCUT2D eigenvalue weighted by Gasteiger charge is -2.31. The van der Waals surface area contributed by atoms with E-state index in [0.717, 1.165) is 24.2 Å². The normalized spacial score (nSPS) is 14.0. The van der Waals surface area contributed by atoms with Gasteiger partial charge in [0, 0.05) is 17.4 Å². The van der Waals surface area contributed by atoms with Crippen molar-refractivity contribution in [3.05, 3.63) is 82.9 Å². The summed E-state index contributed by atoms with van der Waals surface area (Å²) in [7, 11) is 0.